The first-order chi connectivity index (χ1) is 27.7. The standard InChI is InChI=1S/C52H42N4/c53-50(37-20-7-2-8-21-37)51(55-54-35-36-18-5-1-6-19-36)38-22-17-27-41(34-38)56-46-31-16-14-29-43(46)49-47(56)33-32-45-48(49)42-28-13-15-30-44(42)52(45,39-23-9-3-10-24-39)40-25-11-4-12-26-40/h1-34,50-51,54-55H,35,53H2/t50-,51?/m0/s1. The number of aromatic nitrogens is 1. The van der Waals surface area contributed by atoms with E-state index in [0.717, 1.165) is 16.8 Å². The van der Waals surface area contributed by atoms with E-state index in [-0.39, 0.29) is 12.1 Å². The van der Waals surface area contributed by atoms with Gasteiger partial charge in [0.25, 0.3) is 0 Å². The van der Waals surface area contributed by atoms with Crippen molar-refractivity contribution in [3.8, 4) is 16.8 Å². The van der Waals surface area contributed by atoms with Crippen molar-refractivity contribution in [2.24, 2.45) is 5.73 Å². The lowest BCUT2D eigenvalue weighted by atomic mass is 9.67. The molecule has 1 aliphatic carbocycles. The van der Waals surface area contributed by atoms with E-state index in [1.165, 1.54) is 60.8 Å². The van der Waals surface area contributed by atoms with Crippen LogP contribution in [0, 0.1) is 0 Å². The Balaban J connectivity index is 1.17. The normalized spacial score (nSPS) is 14.0. The fourth-order valence-electron chi connectivity index (χ4n) is 9.23. The molecule has 9 aromatic rings. The summed E-state index contributed by atoms with van der Waals surface area (Å²) >= 11 is 0. The number of nitrogens with two attached hydrogens (primary N) is 1. The molecule has 0 radical (unpaired) electrons. The maximum absolute atomic E-state index is 7.12. The number of rotatable bonds is 10. The van der Waals surface area contributed by atoms with Gasteiger partial charge in [0.15, 0.2) is 0 Å². The van der Waals surface area contributed by atoms with Gasteiger partial charge in [0.1, 0.15) is 0 Å². The van der Waals surface area contributed by atoms with Crippen LogP contribution in [-0.4, -0.2) is 4.57 Å². The second-order valence-corrected chi connectivity index (χ2v) is 14.8. The van der Waals surface area contributed by atoms with E-state index >= 15 is 0 Å². The highest BCUT2D eigenvalue weighted by Crippen LogP contribution is 2.58. The molecule has 0 spiro atoms. The van der Waals surface area contributed by atoms with Gasteiger partial charge < -0.3 is 10.3 Å². The number of hydrazine groups is 1. The number of para-hydroxylation sites is 1. The van der Waals surface area contributed by atoms with Crippen molar-refractivity contribution >= 4 is 21.8 Å². The summed E-state index contributed by atoms with van der Waals surface area (Å²) in [5, 5.41) is 2.50. The SMILES string of the molecule is N[C@@H](c1ccccc1)C(NNCc1ccccc1)c1cccc(-n2c3ccccc3c3c4c(ccc32)C(c2ccccc2)(c2ccccc2)c2ccccc2-4)c1. The Morgan fingerprint density at radius 1 is 0.518 bits per heavy atom. The molecule has 1 unspecified atom stereocenters. The molecule has 56 heavy (non-hydrogen) atoms. The van der Waals surface area contributed by atoms with Gasteiger partial charge in [-0.1, -0.05) is 182 Å². The molecule has 1 heterocycles. The Kier molecular flexibility index (Phi) is 8.65. The van der Waals surface area contributed by atoms with Crippen LogP contribution in [0.1, 0.15) is 51.0 Å². The van der Waals surface area contributed by atoms with Crippen molar-refractivity contribution in [2.45, 2.75) is 24.0 Å². The maximum atomic E-state index is 7.12. The molecular formula is C52H42N4. The van der Waals surface area contributed by atoms with E-state index in [1.54, 1.807) is 0 Å². The smallest absolute Gasteiger partial charge is 0.0713 e. The fraction of sp³-hybridized carbons (Fsp3) is 0.0769. The molecule has 2 atom stereocenters. The maximum Gasteiger partial charge on any atom is 0.0713 e. The summed E-state index contributed by atoms with van der Waals surface area (Å²) < 4.78 is 2.44. The molecule has 0 fully saturated rings. The van der Waals surface area contributed by atoms with E-state index in [0.29, 0.717) is 6.54 Å². The number of hydrogen-bond donors (Lipinski definition) is 3. The highest BCUT2D eigenvalue weighted by atomic mass is 15.4. The van der Waals surface area contributed by atoms with Crippen molar-refractivity contribution in [1.82, 2.24) is 15.4 Å². The molecule has 0 saturated heterocycles. The number of nitrogens with one attached hydrogen (secondary N) is 2. The molecule has 0 amide bonds. The van der Waals surface area contributed by atoms with Crippen LogP contribution in [0.4, 0.5) is 0 Å². The third kappa shape index (κ3) is 5.50. The molecule has 0 saturated carbocycles. The zero-order valence-corrected chi connectivity index (χ0v) is 31.0. The summed E-state index contributed by atoms with van der Waals surface area (Å²) in [7, 11) is 0. The van der Waals surface area contributed by atoms with E-state index in [1.807, 2.05) is 12.1 Å². The lowest BCUT2D eigenvalue weighted by Gasteiger charge is -2.33. The van der Waals surface area contributed by atoms with Gasteiger partial charge in [0.2, 0.25) is 0 Å². The van der Waals surface area contributed by atoms with E-state index in [2.05, 4.69) is 210 Å². The lowest BCUT2D eigenvalue weighted by molar-refractivity contribution is 0.385. The summed E-state index contributed by atoms with van der Waals surface area (Å²) in [5.74, 6) is 0. The minimum atomic E-state index is -0.467. The van der Waals surface area contributed by atoms with Crippen LogP contribution >= 0.6 is 0 Å². The first-order valence-corrected chi connectivity index (χ1v) is 19.4. The van der Waals surface area contributed by atoms with Crippen LogP contribution in [0.3, 0.4) is 0 Å². The number of nitrogens with zero attached hydrogens (tertiary/aromatic N) is 1. The predicted octanol–water partition coefficient (Wildman–Crippen LogP) is 11.2. The van der Waals surface area contributed by atoms with Crippen LogP contribution in [0.5, 0.6) is 0 Å². The van der Waals surface area contributed by atoms with Crippen molar-refractivity contribution in [1.29, 1.82) is 0 Å². The molecule has 4 nitrogen and oxygen atoms in total. The van der Waals surface area contributed by atoms with Gasteiger partial charge in [-0.2, -0.15) is 0 Å². The zero-order valence-electron chi connectivity index (χ0n) is 31.0. The summed E-state index contributed by atoms with van der Waals surface area (Å²) in [6.07, 6.45) is 0. The molecule has 0 bridgehead atoms. The monoisotopic (exact) mass is 722 g/mol. The Labute approximate surface area is 327 Å². The van der Waals surface area contributed by atoms with Crippen LogP contribution < -0.4 is 16.6 Å². The molecule has 8 aromatic carbocycles. The van der Waals surface area contributed by atoms with Gasteiger partial charge in [-0.05, 0) is 74.3 Å². The molecule has 4 N–H and O–H groups in total. The largest absolute Gasteiger partial charge is 0.322 e. The number of hydrogen-bond acceptors (Lipinski definition) is 3. The van der Waals surface area contributed by atoms with Gasteiger partial charge >= 0.3 is 0 Å². The first kappa shape index (κ1) is 34.0. The Hall–Kier alpha value is -6.56. The lowest BCUT2D eigenvalue weighted by Crippen LogP contribution is -2.40. The number of fused-ring (bicyclic) bond motifs is 7. The second kappa shape index (κ2) is 14.3. The highest BCUT2D eigenvalue weighted by Gasteiger charge is 2.47. The number of benzene rings is 8. The average Bonchev–Trinajstić information content (AvgIpc) is 3.77. The van der Waals surface area contributed by atoms with Gasteiger partial charge in [-0.25, -0.2) is 5.43 Å². The third-order valence-corrected chi connectivity index (χ3v) is 11.7. The Morgan fingerprint density at radius 3 is 1.86 bits per heavy atom. The van der Waals surface area contributed by atoms with Crippen molar-refractivity contribution < 1.29 is 0 Å². The van der Waals surface area contributed by atoms with Crippen molar-refractivity contribution in [2.75, 3.05) is 0 Å². The second-order valence-electron chi connectivity index (χ2n) is 14.8. The fourth-order valence-corrected chi connectivity index (χ4v) is 9.23. The highest BCUT2D eigenvalue weighted by molar-refractivity contribution is 6.18. The van der Waals surface area contributed by atoms with Crippen molar-refractivity contribution in [3.63, 3.8) is 0 Å². The quantitative estimate of drug-likeness (QED) is 0.123. The third-order valence-electron chi connectivity index (χ3n) is 11.7. The minimum Gasteiger partial charge on any atom is -0.322 e. The topological polar surface area (TPSA) is 55.0 Å². The molecule has 1 aromatic heterocycles. The predicted molar refractivity (Wildman–Crippen MR) is 231 cm³/mol. The van der Waals surface area contributed by atoms with Gasteiger partial charge in [0.05, 0.1) is 28.5 Å². The van der Waals surface area contributed by atoms with Crippen LogP contribution in [0.2, 0.25) is 0 Å². The van der Waals surface area contributed by atoms with Gasteiger partial charge in [0, 0.05) is 23.0 Å². The Bertz CT molecular complexity index is 2750. The summed E-state index contributed by atoms with van der Waals surface area (Å²) in [4.78, 5) is 0. The van der Waals surface area contributed by atoms with E-state index < -0.39 is 5.41 Å². The van der Waals surface area contributed by atoms with Crippen LogP contribution in [-0.2, 0) is 12.0 Å². The summed E-state index contributed by atoms with van der Waals surface area (Å²) in [5.41, 5.74) is 28.3. The molecule has 0 aliphatic heterocycles. The minimum absolute atomic E-state index is 0.206. The molecule has 4 heteroatoms. The molecule has 270 valence electrons. The van der Waals surface area contributed by atoms with E-state index in [9.17, 15) is 0 Å². The van der Waals surface area contributed by atoms with E-state index in [4.69, 9.17) is 5.73 Å². The summed E-state index contributed by atoms with van der Waals surface area (Å²) in [6.45, 7) is 0.672. The molecule has 10 rings (SSSR count). The van der Waals surface area contributed by atoms with Gasteiger partial charge in [-0.15, -0.1) is 0 Å². The molecular weight excluding hydrogens is 681 g/mol. The average molecular weight is 723 g/mol. The summed E-state index contributed by atoms with van der Waals surface area (Å²) in [6, 6.07) is 73.8. The van der Waals surface area contributed by atoms with Crippen molar-refractivity contribution in [3.05, 3.63) is 245 Å². The zero-order chi connectivity index (χ0) is 37.5. The van der Waals surface area contributed by atoms with Crippen LogP contribution in [0.25, 0.3) is 38.6 Å². The van der Waals surface area contributed by atoms with Gasteiger partial charge in [-0.3, -0.25) is 5.43 Å². The van der Waals surface area contributed by atoms with Crippen LogP contribution in [0.15, 0.2) is 206 Å². The first-order valence-electron chi connectivity index (χ1n) is 19.4. The Morgan fingerprint density at radius 2 is 1.12 bits per heavy atom. The molecule has 1 aliphatic rings.